The average molecular weight is 874 g/mol. The summed E-state index contributed by atoms with van der Waals surface area (Å²) in [5.41, 5.74) is 1.89. The minimum absolute atomic E-state index is 0.0111. The van der Waals surface area contributed by atoms with Crippen molar-refractivity contribution in [3.8, 4) is 23.3 Å². The lowest BCUT2D eigenvalue weighted by atomic mass is 9.64. The lowest BCUT2D eigenvalue weighted by molar-refractivity contribution is -0.179. The summed E-state index contributed by atoms with van der Waals surface area (Å²) in [5, 5.41) is 10.7. The number of hydrogen-bond acceptors (Lipinski definition) is 10. The van der Waals surface area contributed by atoms with Crippen LogP contribution in [0.25, 0.3) is 0 Å². The first-order valence-electron chi connectivity index (χ1n) is 22.2. The molecule has 9 rings (SSSR count). The fourth-order valence-electron chi connectivity index (χ4n) is 10.4. The molecule has 4 aliphatic rings. The predicted octanol–water partition coefficient (Wildman–Crippen LogP) is 8.04. The number of anilines is 1. The molecule has 12 heteroatoms. The average Bonchev–Trinajstić information content (AvgIpc) is 3.78. The number of phenolic OH excluding ortho intramolecular Hbond substituents is 1. The molecule has 5 aromatic carbocycles. The second kappa shape index (κ2) is 18.6. The van der Waals surface area contributed by atoms with Gasteiger partial charge in [-0.25, -0.2) is 9.69 Å². The summed E-state index contributed by atoms with van der Waals surface area (Å²) in [6.07, 6.45) is 2.60. The Morgan fingerprint density at radius 2 is 1.35 bits per heavy atom. The van der Waals surface area contributed by atoms with Crippen LogP contribution in [0.4, 0.5) is 10.5 Å². The van der Waals surface area contributed by atoms with Crippen LogP contribution in [0, 0.1) is 17.8 Å². The van der Waals surface area contributed by atoms with Gasteiger partial charge in [-0.05, 0) is 89.7 Å². The zero-order chi connectivity index (χ0) is 45.1. The van der Waals surface area contributed by atoms with E-state index in [9.17, 15) is 9.90 Å². The smallest absolute Gasteiger partial charge is 0.421 e. The Hall–Kier alpha value is -6.94. The maximum Gasteiger partial charge on any atom is 0.421 e. The van der Waals surface area contributed by atoms with Gasteiger partial charge in [0.2, 0.25) is 11.8 Å². The molecule has 0 bridgehead atoms. The number of cyclic esters (lactones) is 1. The zero-order valence-electron chi connectivity index (χ0n) is 36.4. The van der Waals surface area contributed by atoms with Crippen LogP contribution in [0.5, 0.6) is 11.5 Å². The van der Waals surface area contributed by atoms with E-state index < -0.39 is 53.5 Å². The monoisotopic (exact) mass is 873 g/mol. The Balaban J connectivity index is 1.34. The fourth-order valence-corrected chi connectivity index (χ4v) is 10.4. The summed E-state index contributed by atoms with van der Waals surface area (Å²) in [6, 6.07) is 35.0. The number of esters is 1. The van der Waals surface area contributed by atoms with Gasteiger partial charge < -0.3 is 29.0 Å². The second-order valence-electron chi connectivity index (χ2n) is 16.9. The first-order chi connectivity index (χ1) is 31.8. The molecule has 4 aliphatic heterocycles. The Labute approximate surface area is 378 Å². The van der Waals surface area contributed by atoms with E-state index in [4.69, 9.17) is 18.9 Å². The minimum Gasteiger partial charge on any atom is -0.508 e. The van der Waals surface area contributed by atoms with Crippen LogP contribution < -0.4 is 9.64 Å². The summed E-state index contributed by atoms with van der Waals surface area (Å²) < 4.78 is 22.9. The van der Waals surface area contributed by atoms with Gasteiger partial charge >= 0.3 is 12.1 Å². The van der Waals surface area contributed by atoms with Crippen molar-refractivity contribution in [2.75, 3.05) is 45.4 Å². The number of carbonyl (C=O) groups is 4. The molecule has 0 aliphatic carbocycles. The largest absolute Gasteiger partial charge is 0.508 e. The van der Waals surface area contributed by atoms with Crippen LogP contribution >= 0.6 is 0 Å². The van der Waals surface area contributed by atoms with E-state index in [1.165, 1.54) is 19.2 Å². The molecule has 0 radical (unpaired) electrons. The molecule has 12 nitrogen and oxygen atoms in total. The number of ether oxygens (including phenoxy) is 4. The van der Waals surface area contributed by atoms with E-state index in [1.807, 2.05) is 89.8 Å². The van der Waals surface area contributed by atoms with Crippen LogP contribution in [-0.4, -0.2) is 85.3 Å². The third kappa shape index (κ3) is 7.89. The van der Waals surface area contributed by atoms with Gasteiger partial charge in [0.1, 0.15) is 35.7 Å². The quantitative estimate of drug-likeness (QED) is 0.0928. The third-order valence-electron chi connectivity index (χ3n) is 13.2. The second-order valence-corrected chi connectivity index (χ2v) is 16.9. The predicted molar refractivity (Wildman–Crippen MR) is 242 cm³/mol. The summed E-state index contributed by atoms with van der Waals surface area (Å²) in [4.78, 5) is 67.1. The summed E-state index contributed by atoms with van der Waals surface area (Å²) in [7, 11) is 3.08. The maximum absolute atomic E-state index is 16.4. The highest BCUT2D eigenvalue weighted by Gasteiger charge is 2.76. The van der Waals surface area contributed by atoms with E-state index >= 15 is 14.4 Å². The molecule has 0 saturated carbocycles. The van der Waals surface area contributed by atoms with Crippen LogP contribution in [0.1, 0.15) is 83.7 Å². The van der Waals surface area contributed by atoms with Gasteiger partial charge in [0.05, 0.1) is 37.4 Å². The highest BCUT2D eigenvalue weighted by Crippen LogP contribution is 2.66. The molecule has 65 heavy (non-hydrogen) atoms. The third-order valence-corrected chi connectivity index (χ3v) is 13.2. The molecule has 6 atom stereocenters. The van der Waals surface area contributed by atoms with E-state index in [2.05, 4.69) is 11.8 Å². The first-order valence-corrected chi connectivity index (χ1v) is 22.2. The molecule has 1 spiro atoms. The van der Waals surface area contributed by atoms with Gasteiger partial charge in [0, 0.05) is 31.3 Å². The van der Waals surface area contributed by atoms with Gasteiger partial charge in [0.15, 0.2) is 0 Å². The van der Waals surface area contributed by atoms with Crippen molar-refractivity contribution in [2.45, 2.75) is 61.7 Å². The molecule has 0 aromatic heterocycles. The number of morpholine rings is 1. The maximum atomic E-state index is 16.4. The minimum atomic E-state index is -1.95. The highest BCUT2D eigenvalue weighted by molar-refractivity contribution is 6.23. The van der Waals surface area contributed by atoms with Gasteiger partial charge in [0.25, 0.3) is 0 Å². The van der Waals surface area contributed by atoms with Gasteiger partial charge in [-0.3, -0.25) is 19.3 Å². The standard InChI is InChI=1S/C53H51N3O9/c1-62-32-33-64-52(61)55-43-29-22-36(19-18-35-20-27-41(63-2)28-21-35)34-42(43)53(51(55)60)44(49(58)54-30-12-4-3-5-13-31-54)46-50(59)65-47(38-16-10-7-11-17-38)45(37-14-8-6-9-15-37)56(46)48(53)39-23-25-40(57)26-24-39/h6-11,14-17,20-29,34,44-48,57H,3-5,12-13,30-33H2,1-2H3. The number of imide groups is 1. The van der Waals surface area contributed by atoms with Crippen LogP contribution in [0.2, 0.25) is 0 Å². The van der Waals surface area contributed by atoms with Crippen molar-refractivity contribution in [1.29, 1.82) is 0 Å². The van der Waals surface area contributed by atoms with E-state index in [-0.39, 0.29) is 30.6 Å². The molecular formula is C53H51N3O9. The van der Waals surface area contributed by atoms with Crippen LogP contribution in [0.3, 0.4) is 0 Å². The van der Waals surface area contributed by atoms with E-state index in [0.29, 0.717) is 41.1 Å². The number of hydrogen-bond donors (Lipinski definition) is 1. The fraction of sp³-hybridized carbons (Fsp3) is 0.321. The SMILES string of the molecule is COCCOC(=O)N1C(=O)C2(c3cc(C#Cc4ccc(OC)cc4)ccc31)C(C(=O)N1CCCCCCC1)C1C(=O)OC(c3ccccc3)C(c3ccccc3)N1C2c1ccc(O)cc1. The molecule has 332 valence electrons. The number of amides is 3. The van der Waals surface area contributed by atoms with Gasteiger partial charge in [-0.2, -0.15) is 0 Å². The van der Waals surface area contributed by atoms with Crippen molar-refractivity contribution in [2.24, 2.45) is 5.92 Å². The molecular weight excluding hydrogens is 823 g/mol. The lowest BCUT2D eigenvalue weighted by Gasteiger charge is -2.46. The Kier molecular flexibility index (Phi) is 12.4. The van der Waals surface area contributed by atoms with Crippen molar-refractivity contribution in [1.82, 2.24) is 9.80 Å². The van der Waals surface area contributed by atoms with Gasteiger partial charge in [-0.15, -0.1) is 0 Å². The lowest BCUT2D eigenvalue weighted by Crippen LogP contribution is -2.56. The Morgan fingerprint density at radius 1 is 0.723 bits per heavy atom. The number of phenols is 1. The van der Waals surface area contributed by atoms with E-state index in [0.717, 1.165) is 48.1 Å². The molecule has 3 saturated heterocycles. The van der Waals surface area contributed by atoms with Crippen LogP contribution in [-0.2, 0) is 34.0 Å². The van der Waals surface area contributed by atoms with Crippen molar-refractivity contribution in [3.05, 3.63) is 161 Å². The number of rotatable bonds is 8. The van der Waals surface area contributed by atoms with Crippen LogP contribution in [0.15, 0.2) is 127 Å². The highest BCUT2D eigenvalue weighted by atomic mass is 16.6. The molecule has 4 heterocycles. The number of fused-ring (bicyclic) bond motifs is 3. The molecule has 3 fully saturated rings. The number of likely N-dealkylation sites (tertiary alicyclic amines) is 1. The Morgan fingerprint density at radius 3 is 2.02 bits per heavy atom. The van der Waals surface area contributed by atoms with Crippen molar-refractivity contribution in [3.63, 3.8) is 0 Å². The first kappa shape index (κ1) is 43.3. The summed E-state index contributed by atoms with van der Waals surface area (Å²) >= 11 is 0. The molecule has 6 unspecified atom stereocenters. The number of carbonyl (C=O) groups excluding carboxylic acids is 4. The number of methoxy groups -OCH3 is 2. The topological polar surface area (TPSA) is 135 Å². The molecule has 5 aromatic rings. The number of aromatic hydroxyl groups is 1. The number of nitrogens with zero attached hydrogens (tertiary/aromatic N) is 3. The molecule has 1 N–H and O–H groups in total. The molecule has 3 amide bonds. The van der Waals surface area contributed by atoms with E-state index in [1.54, 1.807) is 42.3 Å². The number of benzene rings is 5. The Bertz CT molecular complexity index is 2600. The van der Waals surface area contributed by atoms with Crippen molar-refractivity contribution >= 4 is 29.6 Å². The van der Waals surface area contributed by atoms with Gasteiger partial charge in [-0.1, -0.05) is 104 Å². The zero-order valence-corrected chi connectivity index (χ0v) is 36.4. The normalized spacial score (nSPS) is 23.9. The van der Waals surface area contributed by atoms with Crippen molar-refractivity contribution < 1.29 is 43.2 Å². The summed E-state index contributed by atoms with van der Waals surface area (Å²) in [5.74, 6) is 4.00. The summed E-state index contributed by atoms with van der Waals surface area (Å²) in [6.45, 7) is 0.811.